The van der Waals surface area contributed by atoms with Gasteiger partial charge in [-0.3, -0.25) is 10.1 Å². The van der Waals surface area contributed by atoms with E-state index in [9.17, 15) is 10.1 Å². The van der Waals surface area contributed by atoms with Gasteiger partial charge in [0.05, 0.1) is 15.5 Å². The molecule has 1 heterocycles. The average molecular weight is 249 g/mol. The largest absolute Gasteiger partial charge is 0.375 e. The fraction of sp³-hybridized carbons (Fsp3) is 0.182. The van der Waals surface area contributed by atoms with Gasteiger partial charge >= 0.3 is 0 Å². The number of aromatic nitrogens is 1. The number of benzene rings is 1. The standard InChI is InChI=1S/C11H11N3O2S/c1-6-3-4-8(5-9(6)14(15)16)10-7(2)13-11(12)17-10/h3-5H,1-2H3,(H2,12,13). The fourth-order valence-corrected chi connectivity index (χ4v) is 2.46. The van der Waals surface area contributed by atoms with Crippen molar-refractivity contribution in [2.45, 2.75) is 13.8 Å². The van der Waals surface area contributed by atoms with Crippen LogP contribution in [0.2, 0.25) is 0 Å². The monoisotopic (exact) mass is 249 g/mol. The second-order valence-electron chi connectivity index (χ2n) is 3.73. The third kappa shape index (κ3) is 2.12. The average Bonchev–Trinajstić information content (AvgIpc) is 2.58. The number of nitro benzene ring substituents is 1. The molecule has 0 aliphatic rings. The van der Waals surface area contributed by atoms with Crippen LogP contribution in [0.25, 0.3) is 10.4 Å². The van der Waals surface area contributed by atoms with E-state index in [1.165, 1.54) is 11.3 Å². The highest BCUT2D eigenvalue weighted by molar-refractivity contribution is 7.18. The van der Waals surface area contributed by atoms with Crippen molar-refractivity contribution in [3.8, 4) is 10.4 Å². The number of rotatable bonds is 2. The summed E-state index contributed by atoms with van der Waals surface area (Å²) in [7, 11) is 0. The molecule has 0 unspecified atom stereocenters. The Balaban J connectivity index is 2.57. The minimum absolute atomic E-state index is 0.119. The predicted molar refractivity (Wildman–Crippen MR) is 68.1 cm³/mol. The Kier molecular flexibility index (Phi) is 2.81. The van der Waals surface area contributed by atoms with Gasteiger partial charge in [-0.1, -0.05) is 23.5 Å². The summed E-state index contributed by atoms with van der Waals surface area (Å²) in [5.41, 5.74) is 7.97. The first-order valence-corrected chi connectivity index (χ1v) is 5.79. The second kappa shape index (κ2) is 4.14. The summed E-state index contributed by atoms with van der Waals surface area (Å²) < 4.78 is 0. The summed E-state index contributed by atoms with van der Waals surface area (Å²) in [6, 6.07) is 5.15. The molecule has 0 spiro atoms. The topological polar surface area (TPSA) is 82.0 Å². The van der Waals surface area contributed by atoms with Gasteiger partial charge in [-0.15, -0.1) is 0 Å². The molecule has 1 aromatic heterocycles. The smallest absolute Gasteiger partial charge is 0.272 e. The highest BCUT2D eigenvalue weighted by Crippen LogP contribution is 2.34. The first kappa shape index (κ1) is 11.5. The van der Waals surface area contributed by atoms with Crippen molar-refractivity contribution < 1.29 is 4.92 Å². The van der Waals surface area contributed by atoms with Crippen LogP contribution in [0.3, 0.4) is 0 Å². The van der Waals surface area contributed by atoms with E-state index in [2.05, 4.69) is 4.98 Å². The minimum Gasteiger partial charge on any atom is -0.375 e. The van der Waals surface area contributed by atoms with Gasteiger partial charge in [0, 0.05) is 17.2 Å². The van der Waals surface area contributed by atoms with Crippen molar-refractivity contribution in [3.05, 3.63) is 39.6 Å². The van der Waals surface area contributed by atoms with Crippen molar-refractivity contribution in [1.82, 2.24) is 4.98 Å². The SMILES string of the molecule is Cc1ccc(-c2sc(N)nc2C)cc1[N+](=O)[O-]. The van der Waals surface area contributed by atoms with Crippen molar-refractivity contribution in [2.75, 3.05) is 5.73 Å². The molecule has 6 heteroatoms. The lowest BCUT2D eigenvalue weighted by Crippen LogP contribution is -1.92. The Morgan fingerprint density at radius 2 is 2.12 bits per heavy atom. The van der Waals surface area contributed by atoms with E-state index in [1.807, 2.05) is 13.0 Å². The summed E-state index contributed by atoms with van der Waals surface area (Å²) in [6.45, 7) is 3.56. The summed E-state index contributed by atoms with van der Waals surface area (Å²) in [5, 5.41) is 11.3. The zero-order valence-electron chi connectivity index (χ0n) is 9.43. The molecule has 2 rings (SSSR count). The van der Waals surface area contributed by atoms with Crippen LogP contribution in [0.15, 0.2) is 18.2 Å². The van der Waals surface area contributed by atoms with Crippen molar-refractivity contribution in [1.29, 1.82) is 0 Å². The first-order chi connectivity index (χ1) is 7.99. The number of nitrogens with two attached hydrogens (primary N) is 1. The summed E-state index contributed by atoms with van der Waals surface area (Å²) >= 11 is 1.34. The molecule has 0 aliphatic carbocycles. The van der Waals surface area contributed by atoms with E-state index < -0.39 is 0 Å². The highest BCUT2D eigenvalue weighted by atomic mass is 32.1. The predicted octanol–water partition coefficient (Wildman–Crippen LogP) is 2.92. The number of nitrogen functional groups attached to an aromatic ring is 1. The Hall–Kier alpha value is -1.95. The molecule has 0 radical (unpaired) electrons. The van der Waals surface area contributed by atoms with Crippen LogP contribution in [-0.4, -0.2) is 9.91 Å². The zero-order chi connectivity index (χ0) is 12.6. The van der Waals surface area contributed by atoms with Crippen molar-refractivity contribution in [3.63, 3.8) is 0 Å². The molecule has 2 aromatic rings. The molecular weight excluding hydrogens is 238 g/mol. The molecule has 0 atom stereocenters. The van der Waals surface area contributed by atoms with E-state index >= 15 is 0 Å². The lowest BCUT2D eigenvalue weighted by Gasteiger charge is -2.01. The van der Waals surface area contributed by atoms with Crippen LogP contribution in [0.5, 0.6) is 0 Å². The maximum absolute atomic E-state index is 10.9. The first-order valence-electron chi connectivity index (χ1n) is 4.97. The lowest BCUT2D eigenvalue weighted by atomic mass is 10.1. The molecule has 0 aliphatic heterocycles. The van der Waals surface area contributed by atoms with Crippen LogP contribution >= 0.6 is 11.3 Å². The van der Waals surface area contributed by atoms with Crippen molar-refractivity contribution in [2.24, 2.45) is 0 Å². The molecule has 0 bridgehead atoms. The normalized spacial score (nSPS) is 10.5. The number of aryl methyl sites for hydroxylation is 2. The zero-order valence-corrected chi connectivity index (χ0v) is 10.2. The Labute approximate surface area is 102 Å². The van der Waals surface area contributed by atoms with Crippen LogP contribution < -0.4 is 5.73 Å². The number of hydrogen-bond donors (Lipinski definition) is 1. The molecule has 0 saturated heterocycles. The third-order valence-corrected chi connectivity index (χ3v) is 3.52. The van der Waals surface area contributed by atoms with Gasteiger partial charge in [-0.05, 0) is 13.8 Å². The van der Waals surface area contributed by atoms with Crippen LogP contribution in [0.4, 0.5) is 10.8 Å². The summed E-state index contributed by atoms with van der Waals surface area (Å²) in [6.07, 6.45) is 0. The molecule has 0 amide bonds. The quantitative estimate of drug-likeness (QED) is 0.655. The maximum atomic E-state index is 10.9. The third-order valence-electron chi connectivity index (χ3n) is 2.48. The molecule has 17 heavy (non-hydrogen) atoms. The van der Waals surface area contributed by atoms with Gasteiger partial charge in [0.2, 0.25) is 0 Å². The molecule has 2 N–H and O–H groups in total. The summed E-state index contributed by atoms with van der Waals surface area (Å²) in [5.74, 6) is 0. The van der Waals surface area contributed by atoms with Crippen LogP contribution in [0.1, 0.15) is 11.3 Å². The Morgan fingerprint density at radius 3 is 2.65 bits per heavy atom. The van der Waals surface area contributed by atoms with Crippen LogP contribution in [-0.2, 0) is 0 Å². The number of anilines is 1. The van der Waals surface area contributed by atoms with E-state index in [0.29, 0.717) is 10.7 Å². The van der Waals surface area contributed by atoms with Gasteiger partial charge in [0.25, 0.3) is 5.69 Å². The molecule has 5 nitrogen and oxygen atoms in total. The van der Waals surface area contributed by atoms with E-state index in [1.54, 1.807) is 19.1 Å². The molecule has 0 saturated carbocycles. The van der Waals surface area contributed by atoms with Gasteiger partial charge in [-0.25, -0.2) is 4.98 Å². The van der Waals surface area contributed by atoms with E-state index in [-0.39, 0.29) is 10.6 Å². The maximum Gasteiger partial charge on any atom is 0.272 e. The van der Waals surface area contributed by atoms with Gasteiger partial charge < -0.3 is 5.73 Å². The Bertz CT molecular complexity index is 592. The fourth-order valence-electron chi connectivity index (χ4n) is 1.63. The molecular formula is C11H11N3O2S. The Morgan fingerprint density at radius 1 is 1.41 bits per heavy atom. The molecule has 88 valence electrons. The number of nitro groups is 1. The number of thiazole rings is 1. The van der Waals surface area contributed by atoms with Gasteiger partial charge in [-0.2, -0.15) is 0 Å². The van der Waals surface area contributed by atoms with Gasteiger partial charge in [0.1, 0.15) is 0 Å². The highest BCUT2D eigenvalue weighted by Gasteiger charge is 2.14. The van der Waals surface area contributed by atoms with Gasteiger partial charge in [0.15, 0.2) is 5.13 Å². The summed E-state index contributed by atoms with van der Waals surface area (Å²) in [4.78, 5) is 15.5. The molecule has 1 aromatic carbocycles. The van der Waals surface area contributed by atoms with E-state index in [0.717, 1.165) is 16.1 Å². The second-order valence-corrected chi connectivity index (χ2v) is 4.76. The number of nitrogens with zero attached hydrogens (tertiary/aromatic N) is 2. The minimum atomic E-state index is -0.376. The molecule has 0 fully saturated rings. The lowest BCUT2D eigenvalue weighted by molar-refractivity contribution is -0.385. The van der Waals surface area contributed by atoms with E-state index in [4.69, 9.17) is 5.73 Å². The number of hydrogen-bond acceptors (Lipinski definition) is 5. The van der Waals surface area contributed by atoms with Crippen LogP contribution in [0, 0.1) is 24.0 Å². The van der Waals surface area contributed by atoms with Crippen molar-refractivity contribution >= 4 is 22.2 Å².